The highest BCUT2D eigenvalue weighted by atomic mass is 15.5. The highest BCUT2D eigenvalue weighted by Gasteiger charge is 1.82. The predicted octanol–water partition coefficient (Wildman–Crippen LogP) is 0.554. The Morgan fingerprint density at radius 3 is 2.78 bits per heavy atom. The van der Waals surface area contributed by atoms with Gasteiger partial charge in [0.05, 0.1) is 0 Å². The second kappa shape index (κ2) is 2.39. The van der Waals surface area contributed by atoms with E-state index in [2.05, 4.69) is 15.5 Å². The second-order valence-corrected chi connectivity index (χ2v) is 2.00. The Morgan fingerprint density at radius 1 is 1.56 bits per heavy atom. The Bertz CT molecular complexity index is 195. The zero-order valence-electron chi connectivity index (χ0n) is 5.44. The molecule has 1 aromatic heterocycles. The third-order valence-corrected chi connectivity index (χ3v) is 0.755. The van der Waals surface area contributed by atoms with Crippen molar-refractivity contribution in [3.63, 3.8) is 0 Å². The molecule has 4 nitrogen and oxygen atoms in total. The molecule has 0 N–H and O–H groups in total. The molecule has 0 aliphatic heterocycles. The van der Waals surface area contributed by atoms with Crippen molar-refractivity contribution in [1.29, 1.82) is 0 Å². The zero-order chi connectivity index (χ0) is 6.69. The predicted molar refractivity (Wildman–Crippen MR) is 33.4 cm³/mol. The molecule has 1 rings (SSSR count). The van der Waals surface area contributed by atoms with Gasteiger partial charge in [-0.1, -0.05) is 5.57 Å². The fourth-order valence-electron chi connectivity index (χ4n) is 0.492. The Morgan fingerprint density at radius 2 is 2.33 bits per heavy atom. The van der Waals surface area contributed by atoms with Crippen molar-refractivity contribution in [1.82, 2.24) is 20.2 Å². The molecule has 1 heterocycles. The third kappa shape index (κ3) is 1.64. The van der Waals surface area contributed by atoms with Crippen molar-refractivity contribution in [3.05, 3.63) is 11.9 Å². The summed E-state index contributed by atoms with van der Waals surface area (Å²) in [6.45, 7) is 3.98. The Kier molecular flexibility index (Phi) is 1.58. The fourth-order valence-corrected chi connectivity index (χ4v) is 0.492. The van der Waals surface area contributed by atoms with E-state index in [0.29, 0.717) is 0 Å². The van der Waals surface area contributed by atoms with Gasteiger partial charge in [0.25, 0.3) is 0 Å². The number of hydrogen-bond donors (Lipinski definition) is 0. The zero-order valence-corrected chi connectivity index (χ0v) is 5.44. The van der Waals surface area contributed by atoms with E-state index in [9.17, 15) is 0 Å². The molecule has 0 aliphatic rings. The average Bonchev–Trinajstić information content (AvgIpc) is 2.15. The monoisotopic (exact) mass is 124 g/mol. The molecule has 1 aromatic rings. The molecule has 0 unspecified atom stereocenters. The van der Waals surface area contributed by atoms with Crippen molar-refractivity contribution in [2.24, 2.45) is 0 Å². The first kappa shape index (κ1) is 5.94. The van der Waals surface area contributed by atoms with Crippen LogP contribution in [-0.2, 0) is 0 Å². The molecule has 0 atom stereocenters. The van der Waals surface area contributed by atoms with Gasteiger partial charge in [-0.15, -0.1) is 5.10 Å². The highest BCUT2D eigenvalue weighted by Crippen LogP contribution is 1.89. The van der Waals surface area contributed by atoms with Gasteiger partial charge in [0.2, 0.25) is 0 Å². The van der Waals surface area contributed by atoms with E-state index in [1.54, 1.807) is 11.0 Å². The summed E-state index contributed by atoms with van der Waals surface area (Å²) in [5.41, 5.74) is 1.17. The summed E-state index contributed by atoms with van der Waals surface area (Å²) in [5, 5.41) is 10.6. The summed E-state index contributed by atoms with van der Waals surface area (Å²) in [7, 11) is 0. The molecule has 0 saturated heterocycles. The number of rotatable bonds is 1. The number of hydrogen-bond acceptors (Lipinski definition) is 3. The summed E-state index contributed by atoms with van der Waals surface area (Å²) in [4.78, 5) is 0. The molecule has 4 heteroatoms. The van der Waals surface area contributed by atoms with E-state index < -0.39 is 0 Å². The minimum atomic E-state index is 1.17. The van der Waals surface area contributed by atoms with E-state index in [1.807, 2.05) is 20.0 Å². The van der Waals surface area contributed by atoms with Gasteiger partial charge >= 0.3 is 0 Å². The number of allylic oxidation sites excluding steroid dienone is 1. The van der Waals surface area contributed by atoms with E-state index in [-0.39, 0.29) is 0 Å². The fraction of sp³-hybridized carbons (Fsp3) is 0.400. The second-order valence-electron chi connectivity index (χ2n) is 2.00. The maximum absolute atomic E-state index is 3.64. The lowest BCUT2D eigenvalue weighted by Crippen LogP contribution is -1.86. The first-order valence-corrected chi connectivity index (χ1v) is 2.66. The first-order valence-electron chi connectivity index (χ1n) is 2.66. The molecule has 0 aromatic carbocycles. The van der Waals surface area contributed by atoms with Crippen LogP contribution in [0, 0.1) is 0 Å². The molecule has 0 radical (unpaired) electrons. The van der Waals surface area contributed by atoms with Crippen LogP contribution in [0.15, 0.2) is 11.9 Å². The standard InChI is InChI=1S/C5H8N4/c1-5(2)3-9-4-6-7-8-9/h3-4H,1-2H3. The van der Waals surface area contributed by atoms with Crippen LogP contribution in [0.5, 0.6) is 0 Å². The minimum Gasteiger partial charge on any atom is -0.208 e. The van der Waals surface area contributed by atoms with Crippen molar-refractivity contribution in [2.75, 3.05) is 0 Å². The highest BCUT2D eigenvalue weighted by molar-refractivity contribution is 5.24. The van der Waals surface area contributed by atoms with Crippen LogP contribution in [-0.4, -0.2) is 20.2 Å². The van der Waals surface area contributed by atoms with Crippen LogP contribution >= 0.6 is 0 Å². The summed E-state index contributed by atoms with van der Waals surface area (Å²) in [6, 6.07) is 0. The Balaban J connectivity index is 2.80. The minimum absolute atomic E-state index is 1.17. The number of tetrazole rings is 1. The molecule has 0 spiro atoms. The van der Waals surface area contributed by atoms with Crippen LogP contribution < -0.4 is 0 Å². The lowest BCUT2D eigenvalue weighted by molar-refractivity contribution is 0.815. The molecular weight excluding hydrogens is 116 g/mol. The van der Waals surface area contributed by atoms with E-state index in [0.717, 1.165) is 0 Å². The van der Waals surface area contributed by atoms with Crippen molar-refractivity contribution >= 4 is 6.20 Å². The molecule has 0 bridgehead atoms. The van der Waals surface area contributed by atoms with Gasteiger partial charge in [-0.3, -0.25) is 0 Å². The Hall–Kier alpha value is -1.19. The number of nitrogens with zero attached hydrogens (tertiary/aromatic N) is 4. The SMILES string of the molecule is CC(C)=Cn1cnnn1. The largest absolute Gasteiger partial charge is 0.208 e. The lowest BCUT2D eigenvalue weighted by Gasteiger charge is -1.86. The topological polar surface area (TPSA) is 43.6 Å². The molecule has 9 heavy (non-hydrogen) atoms. The van der Waals surface area contributed by atoms with Gasteiger partial charge in [-0.2, -0.15) is 0 Å². The summed E-state index contributed by atoms with van der Waals surface area (Å²) >= 11 is 0. The van der Waals surface area contributed by atoms with Crippen molar-refractivity contribution < 1.29 is 0 Å². The first-order chi connectivity index (χ1) is 4.29. The smallest absolute Gasteiger partial charge is 0.143 e. The maximum Gasteiger partial charge on any atom is 0.143 e. The number of aromatic nitrogens is 4. The van der Waals surface area contributed by atoms with Crippen LogP contribution in [0.3, 0.4) is 0 Å². The van der Waals surface area contributed by atoms with E-state index in [4.69, 9.17) is 0 Å². The van der Waals surface area contributed by atoms with Gasteiger partial charge in [0.1, 0.15) is 6.33 Å². The van der Waals surface area contributed by atoms with Crippen LogP contribution in [0.1, 0.15) is 13.8 Å². The summed E-state index contributed by atoms with van der Waals surface area (Å²) in [6.07, 6.45) is 3.40. The van der Waals surface area contributed by atoms with Gasteiger partial charge in [0, 0.05) is 6.20 Å². The molecule has 0 amide bonds. The van der Waals surface area contributed by atoms with Crippen LogP contribution in [0.25, 0.3) is 6.20 Å². The van der Waals surface area contributed by atoms with E-state index in [1.165, 1.54) is 5.57 Å². The molecule has 0 saturated carbocycles. The van der Waals surface area contributed by atoms with Gasteiger partial charge in [0.15, 0.2) is 0 Å². The van der Waals surface area contributed by atoms with Crippen LogP contribution in [0.4, 0.5) is 0 Å². The maximum atomic E-state index is 3.64. The Labute approximate surface area is 53.2 Å². The van der Waals surface area contributed by atoms with Gasteiger partial charge < -0.3 is 0 Å². The third-order valence-electron chi connectivity index (χ3n) is 0.755. The normalized spacial score (nSPS) is 9.11. The molecular formula is C5H8N4. The van der Waals surface area contributed by atoms with Crippen LogP contribution in [0.2, 0.25) is 0 Å². The molecule has 0 aliphatic carbocycles. The van der Waals surface area contributed by atoms with E-state index >= 15 is 0 Å². The average molecular weight is 124 g/mol. The lowest BCUT2D eigenvalue weighted by atomic mass is 10.4. The van der Waals surface area contributed by atoms with Crippen molar-refractivity contribution in [3.8, 4) is 0 Å². The quantitative estimate of drug-likeness (QED) is 0.549. The molecule has 48 valence electrons. The summed E-state index contributed by atoms with van der Waals surface area (Å²) < 4.78 is 1.56. The van der Waals surface area contributed by atoms with Gasteiger partial charge in [-0.05, 0) is 24.3 Å². The van der Waals surface area contributed by atoms with Gasteiger partial charge in [-0.25, -0.2) is 4.68 Å². The van der Waals surface area contributed by atoms with Crippen molar-refractivity contribution in [2.45, 2.75) is 13.8 Å². The molecule has 0 fully saturated rings. The summed E-state index contributed by atoms with van der Waals surface area (Å²) in [5.74, 6) is 0.